The van der Waals surface area contributed by atoms with E-state index < -0.39 is 0 Å². The third-order valence-corrected chi connectivity index (χ3v) is 4.19. The normalized spacial score (nSPS) is 18.4. The van der Waals surface area contributed by atoms with Crippen LogP contribution in [0, 0.1) is 0 Å². The Balaban J connectivity index is 1.40. The number of hydrogen-bond donors (Lipinski definition) is 1. The first-order valence-corrected chi connectivity index (χ1v) is 8.08. The van der Waals surface area contributed by atoms with E-state index in [0.717, 1.165) is 31.6 Å². The number of ether oxygens (including phenoxy) is 1. The van der Waals surface area contributed by atoms with Crippen molar-refractivity contribution in [2.24, 2.45) is 0 Å². The molecule has 0 aliphatic carbocycles. The average Bonchev–Trinajstić information content (AvgIpc) is 3.04. The molecule has 1 aromatic heterocycles. The zero-order chi connectivity index (χ0) is 14.3. The molecule has 21 heavy (non-hydrogen) atoms. The van der Waals surface area contributed by atoms with Gasteiger partial charge in [-0.1, -0.05) is 24.3 Å². The maximum absolute atomic E-state index is 5.64. The lowest BCUT2D eigenvalue weighted by atomic mass is 10.1. The average molecular weight is 284 g/mol. The van der Waals surface area contributed by atoms with Gasteiger partial charge in [0.2, 0.25) is 0 Å². The van der Waals surface area contributed by atoms with E-state index in [9.17, 15) is 0 Å². The Morgan fingerprint density at radius 2 is 2.14 bits per heavy atom. The summed E-state index contributed by atoms with van der Waals surface area (Å²) in [4.78, 5) is 4.50. The van der Waals surface area contributed by atoms with Crippen LogP contribution >= 0.6 is 0 Å². The summed E-state index contributed by atoms with van der Waals surface area (Å²) >= 11 is 0. The van der Waals surface area contributed by atoms with Crippen molar-refractivity contribution in [3.63, 3.8) is 0 Å². The lowest BCUT2D eigenvalue weighted by molar-refractivity contribution is 0.102. The van der Waals surface area contributed by atoms with Gasteiger partial charge in [0.15, 0.2) is 0 Å². The predicted molar refractivity (Wildman–Crippen MR) is 86.5 cm³/mol. The van der Waals surface area contributed by atoms with Gasteiger partial charge in [-0.05, 0) is 56.8 Å². The lowest BCUT2D eigenvalue weighted by Crippen LogP contribution is -2.20. The van der Waals surface area contributed by atoms with Gasteiger partial charge in [-0.3, -0.25) is 4.98 Å². The minimum Gasteiger partial charge on any atom is -0.378 e. The van der Waals surface area contributed by atoms with E-state index in [2.05, 4.69) is 34.6 Å². The Hall–Kier alpha value is -1.45. The maximum Gasteiger partial charge on any atom is 0.0734 e. The molecule has 1 aliphatic heterocycles. The minimum atomic E-state index is 0.522. The van der Waals surface area contributed by atoms with Crippen LogP contribution in [0.3, 0.4) is 0 Å². The van der Waals surface area contributed by atoms with Crippen molar-refractivity contribution in [2.45, 2.75) is 38.2 Å². The van der Waals surface area contributed by atoms with Gasteiger partial charge in [0, 0.05) is 18.2 Å². The fraction of sp³-hybridized carbons (Fsp3) is 0.500. The molecule has 1 aliphatic rings. The predicted octanol–water partition coefficient (Wildman–Crippen LogP) is 3.33. The van der Waals surface area contributed by atoms with Crippen molar-refractivity contribution in [3.05, 3.63) is 42.1 Å². The molecule has 1 fully saturated rings. The van der Waals surface area contributed by atoms with Crippen LogP contribution in [0.4, 0.5) is 0 Å². The fourth-order valence-electron chi connectivity index (χ4n) is 3.04. The first kappa shape index (κ1) is 14.5. The largest absolute Gasteiger partial charge is 0.378 e. The minimum absolute atomic E-state index is 0.522. The van der Waals surface area contributed by atoms with E-state index in [1.807, 2.05) is 12.3 Å². The Morgan fingerprint density at radius 3 is 3.05 bits per heavy atom. The number of para-hydroxylation sites is 1. The summed E-state index contributed by atoms with van der Waals surface area (Å²) in [5.74, 6) is 0. The molecule has 1 aromatic carbocycles. The van der Waals surface area contributed by atoms with Gasteiger partial charge in [-0.25, -0.2) is 0 Å². The Labute approximate surface area is 126 Å². The van der Waals surface area contributed by atoms with Crippen LogP contribution in [-0.4, -0.2) is 30.8 Å². The van der Waals surface area contributed by atoms with Crippen LogP contribution in [-0.2, 0) is 11.2 Å². The van der Waals surface area contributed by atoms with Crippen LogP contribution in [0.25, 0.3) is 10.9 Å². The van der Waals surface area contributed by atoms with Gasteiger partial charge in [-0.15, -0.1) is 0 Å². The number of nitrogens with one attached hydrogen (secondary N) is 1. The molecule has 0 radical (unpaired) electrons. The van der Waals surface area contributed by atoms with Gasteiger partial charge in [0.1, 0.15) is 0 Å². The second-order valence-electron chi connectivity index (χ2n) is 5.77. The second kappa shape index (κ2) is 7.53. The summed E-state index contributed by atoms with van der Waals surface area (Å²) in [6.07, 6.45) is 8.33. The summed E-state index contributed by atoms with van der Waals surface area (Å²) in [5, 5.41) is 4.77. The lowest BCUT2D eigenvalue weighted by Gasteiger charge is -2.10. The molecule has 3 heteroatoms. The van der Waals surface area contributed by atoms with Crippen molar-refractivity contribution < 1.29 is 4.74 Å². The van der Waals surface area contributed by atoms with E-state index in [4.69, 9.17) is 4.74 Å². The number of benzene rings is 1. The highest BCUT2D eigenvalue weighted by Crippen LogP contribution is 2.17. The van der Waals surface area contributed by atoms with E-state index in [-0.39, 0.29) is 0 Å². The SMILES string of the molecule is c1cnc2c(CCNCCCC3CCCO3)cccc2c1. The molecular weight excluding hydrogens is 260 g/mol. The van der Waals surface area contributed by atoms with Crippen molar-refractivity contribution in [1.29, 1.82) is 0 Å². The molecule has 0 saturated carbocycles. The Kier molecular flexibility index (Phi) is 5.19. The summed E-state index contributed by atoms with van der Waals surface area (Å²) in [7, 11) is 0. The highest BCUT2D eigenvalue weighted by atomic mass is 16.5. The third kappa shape index (κ3) is 4.02. The van der Waals surface area contributed by atoms with E-state index >= 15 is 0 Å². The van der Waals surface area contributed by atoms with Crippen molar-refractivity contribution in [3.8, 4) is 0 Å². The monoisotopic (exact) mass is 284 g/mol. The summed E-state index contributed by atoms with van der Waals surface area (Å²) in [6.45, 7) is 3.06. The van der Waals surface area contributed by atoms with Crippen LogP contribution in [0.15, 0.2) is 36.5 Å². The zero-order valence-corrected chi connectivity index (χ0v) is 12.6. The topological polar surface area (TPSA) is 34.2 Å². The van der Waals surface area contributed by atoms with Crippen LogP contribution < -0.4 is 5.32 Å². The van der Waals surface area contributed by atoms with E-state index in [1.165, 1.54) is 36.6 Å². The molecule has 1 saturated heterocycles. The standard InChI is InChI=1S/C18H24N2O/c1-5-15-7-2-12-20-18(15)16(6-1)10-13-19-11-3-8-17-9-4-14-21-17/h1-2,5-7,12,17,19H,3-4,8-11,13-14H2. The van der Waals surface area contributed by atoms with Gasteiger partial charge in [0.05, 0.1) is 11.6 Å². The first-order chi connectivity index (χ1) is 10.4. The number of rotatable bonds is 7. The Morgan fingerprint density at radius 1 is 1.19 bits per heavy atom. The van der Waals surface area contributed by atoms with Crippen LogP contribution in [0.5, 0.6) is 0 Å². The summed E-state index contributed by atoms with van der Waals surface area (Å²) in [6, 6.07) is 10.6. The van der Waals surface area contributed by atoms with Crippen LogP contribution in [0.1, 0.15) is 31.2 Å². The molecule has 3 nitrogen and oxygen atoms in total. The summed E-state index contributed by atoms with van der Waals surface area (Å²) in [5.41, 5.74) is 2.47. The molecule has 1 N–H and O–H groups in total. The van der Waals surface area contributed by atoms with E-state index in [0.29, 0.717) is 6.10 Å². The molecule has 0 amide bonds. The number of hydrogen-bond acceptors (Lipinski definition) is 3. The number of pyridine rings is 1. The van der Waals surface area contributed by atoms with Gasteiger partial charge < -0.3 is 10.1 Å². The highest BCUT2D eigenvalue weighted by molar-refractivity contribution is 5.81. The highest BCUT2D eigenvalue weighted by Gasteiger charge is 2.14. The molecule has 112 valence electrons. The molecule has 1 unspecified atom stereocenters. The maximum atomic E-state index is 5.64. The molecule has 2 aromatic rings. The zero-order valence-electron chi connectivity index (χ0n) is 12.6. The molecule has 0 bridgehead atoms. The van der Waals surface area contributed by atoms with Crippen molar-refractivity contribution >= 4 is 10.9 Å². The van der Waals surface area contributed by atoms with Gasteiger partial charge in [-0.2, -0.15) is 0 Å². The van der Waals surface area contributed by atoms with Gasteiger partial charge in [0.25, 0.3) is 0 Å². The molecular formula is C18H24N2O. The van der Waals surface area contributed by atoms with E-state index in [1.54, 1.807) is 0 Å². The third-order valence-electron chi connectivity index (χ3n) is 4.19. The number of fused-ring (bicyclic) bond motifs is 1. The molecule has 3 rings (SSSR count). The Bertz CT molecular complexity index is 559. The fourth-order valence-corrected chi connectivity index (χ4v) is 3.04. The molecule has 0 spiro atoms. The van der Waals surface area contributed by atoms with Gasteiger partial charge >= 0.3 is 0 Å². The number of nitrogens with zero attached hydrogens (tertiary/aromatic N) is 1. The number of aromatic nitrogens is 1. The smallest absolute Gasteiger partial charge is 0.0734 e. The molecule has 2 heterocycles. The molecule has 1 atom stereocenters. The quantitative estimate of drug-likeness (QED) is 0.792. The van der Waals surface area contributed by atoms with Crippen molar-refractivity contribution in [1.82, 2.24) is 10.3 Å². The first-order valence-electron chi connectivity index (χ1n) is 8.08. The summed E-state index contributed by atoms with van der Waals surface area (Å²) < 4.78 is 5.64. The van der Waals surface area contributed by atoms with Crippen molar-refractivity contribution in [2.75, 3.05) is 19.7 Å². The van der Waals surface area contributed by atoms with Crippen LogP contribution in [0.2, 0.25) is 0 Å². The second-order valence-corrected chi connectivity index (χ2v) is 5.77.